The van der Waals surface area contributed by atoms with E-state index in [9.17, 15) is 24.1 Å². The molecule has 1 heterocycles. The van der Waals surface area contributed by atoms with Crippen molar-refractivity contribution in [3.05, 3.63) is 108 Å². The van der Waals surface area contributed by atoms with Gasteiger partial charge in [-0.15, -0.1) is 0 Å². The van der Waals surface area contributed by atoms with Crippen LogP contribution in [0.4, 0.5) is 9.59 Å². The Hall–Kier alpha value is -3.78. The highest BCUT2D eigenvalue weighted by Gasteiger charge is 2.58. The van der Waals surface area contributed by atoms with E-state index in [-0.39, 0.29) is 32.1 Å². The predicted octanol–water partition coefficient (Wildman–Crippen LogP) is 6.86. The van der Waals surface area contributed by atoms with Gasteiger partial charge in [0, 0.05) is 12.3 Å². The SMILES string of the molecule is CCOP(=O)(CC(=O)[N@+]1(C(=O)O)CC(Cc2ccccc2)CC1C)C(CCc1ccccc1)NC(=O)OCc1ccccc1. The topological polar surface area (TPSA) is 119 Å². The largest absolute Gasteiger partial charge is 0.521 e. The molecule has 1 aliphatic rings. The maximum absolute atomic E-state index is 14.6. The van der Waals surface area contributed by atoms with Crippen molar-refractivity contribution in [2.75, 3.05) is 19.3 Å². The van der Waals surface area contributed by atoms with Crippen LogP contribution in [0, 0.1) is 5.92 Å². The summed E-state index contributed by atoms with van der Waals surface area (Å²) in [7, 11) is -3.96. The van der Waals surface area contributed by atoms with Crippen molar-refractivity contribution >= 4 is 25.5 Å². The Bertz CT molecular complexity index is 1440. The summed E-state index contributed by atoms with van der Waals surface area (Å²) in [6, 6.07) is 27.9. The number of benzene rings is 3. The lowest BCUT2D eigenvalue weighted by Crippen LogP contribution is -2.60. The van der Waals surface area contributed by atoms with Gasteiger partial charge in [0.05, 0.1) is 13.2 Å². The molecule has 3 amide bonds. The Morgan fingerprint density at radius 1 is 0.932 bits per heavy atom. The third kappa shape index (κ3) is 8.23. The van der Waals surface area contributed by atoms with E-state index in [4.69, 9.17) is 9.26 Å². The van der Waals surface area contributed by atoms with Crippen LogP contribution >= 0.6 is 7.37 Å². The molecule has 0 spiro atoms. The van der Waals surface area contributed by atoms with Crippen molar-refractivity contribution in [3.63, 3.8) is 0 Å². The number of alkyl carbamates (subject to hydrolysis) is 1. The zero-order valence-electron chi connectivity index (χ0n) is 25.3. The summed E-state index contributed by atoms with van der Waals surface area (Å²) in [6.07, 6.45) is -0.848. The predicted molar refractivity (Wildman–Crippen MR) is 168 cm³/mol. The van der Waals surface area contributed by atoms with Gasteiger partial charge in [0.1, 0.15) is 24.6 Å². The zero-order chi connectivity index (χ0) is 31.6. The summed E-state index contributed by atoms with van der Waals surface area (Å²) in [5.74, 6) is -1.79. The summed E-state index contributed by atoms with van der Waals surface area (Å²) in [5.41, 5.74) is 2.81. The van der Waals surface area contributed by atoms with Gasteiger partial charge in [0.15, 0.2) is 0 Å². The molecule has 4 rings (SSSR count). The van der Waals surface area contributed by atoms with Gasteiger partial charge < -0.3 is 19.7 Å². The summed E-state index contributed by atoms with van der Waals surface area (Å²) >= 11 is 0. The number of likely N-dealkylation sites (tertiary alicyclic amines) is 1. The molecule has 0 aliphatic carbocycles. The number of carbonyl (C=O) groups excluding carboxylic acids is 2. The molecule has 3 aromatic rings. The standard InChI is InChI=1S/C34H41N2O7P/c1-3-43-44(41,25-32(37)36(34(39)40)23-30(21-26(36)2)22-28-15-9-5-10-16-28)31(20-19-27-13-7-4-8-14-27)35-33(38)42-24-29-17-11-6-12-18-29/h4-18,26,30-31H,3,19-25H2,1-2H3,(H-,35,38,39,40)/p+1/t26?,30?,31?,36-,44?/m0/s1. The number of hydrogen-bond donors (Lipinski definition) is 2. The first kappa shape index (κ1) is 33.1. The highest BCUT2D eigenvalue weighted by atomic mass is 31.2. The van der Waals surface area contributed by atoms with E-state index < -0.39 is 47.9 Å². The number of amides is 3. The number of nitrogens with one attached hydrogen (secondary N) is 1. The quantitative estimate of drug-likeness (QED) is 0.158. The second-order valence-electron chi connectivity index (χ2n) is 11.4. The first-order chi connectivity index (χ1) is 21.2. The van der Waals surface area contributed by atoms with Crippen molar-refractivity contribution < 1.29 is 37.8 Å². The molecule has 0 aromatic heterocycles. The van der Waals surface area contributed by atoms with Crippen LogP contribution in [0.5, 0.6) is 0 Å². The molecule has 0 radical (unpaired) electrons. The second-order valence-corrected chi connectivity index (χ2v) is 14.1. The number of nitrogens with zero attached hydrogens (tertiary/aromatic N) is 1. The molecule has 2 N–H and O–H groups in total. The Labute approximate surface area is 259 Å². The first-order valence-electron chi connectivity index (χ1n) is 15.1. The van der Waals surface area contributed by atoms with Gasteiger partial charge in [-0.2, -0.15) is 9.28 Å². The van der Waals surface area contributed by atoms with Crippen molar-refractivity contribution in [2.24, 2.45) is 5.92 Å². The van der Waals surface area contributed by atoms with E-state index in [0.29, 0.717) is 19.3 Å². The minimum absolute atomic E-state index is 0.00920. The van der Waals surface area contributed by atoms with Crippen LogP contribution in [-0.2, 0) is 38.1 Å². The van der Waals surface area contributed by atoms with Crippen LogP contribution in [0.25, 0.3) is 0 Å². The number of carboxylic acid groups (broad SMARTS) is 1. The molecule has 1 aliphatic heterocycles. The number of quaternary nitrogens is 1. The molecule has 1 saturated heterocycles. The first-order valence-corrected chi connectivity index (χ1v) is 17.0. The Morgan fingerprint density at radius 2 is 1.50 bits per heavy atom. The summed E-state index contributed by atoms with van der Waals surface area (Å²) < 4.78 is 25.1. The van der Waals surface area contributed by atoms with E-state index >= 15 is 0 Å². The van der Waals surface area contributed by atoms with Gasteiger partial charge in [0.2, 0.25) is 7.37 Å². The van der Waals surface area contributed by atoms with E-state index in [1.54, 1.807) is 13.8 Å². The van der Waals surface area contributed by atoms with Crippen LogP contribution in [0.2, 0.25) is 0 Å². The summed E-state index contributed by atoms with van der Waals surface area (Å²) in [5, 5.41) is 13.2. The molecule has 44 heavy (non-hydrogen) atoms. The fourth-order valence-electron chi connectivity index (χ4n) is 6.14. The van der Waals surface area contributed by atoms with Gasteiger partial charge >= 0.3 is 18.1 Å². The lowest BCUT2D eigenvalue weighted by atomic mass is 9.97. The normalized spacial score (nSPS) is 21.6. The lowest BCUT2D eigenvalue weighted by molar-refractivity contribution is -0.792. The molecule has 4 unspecified atom stereocenters. The molecular formula is C34H42N2O7P+. The molecule has 5 atom stereocenters. The molecule has 3 aromatic carbocycles. The number of rotatable bonds is 13. The monoisotopic (exact) mass is 621 g/mol. The van der Waals surface area contributed by atoms with Crippen LogP contribution in [0.3, 0.4) is 0 Å². The zero-order valence-corrected chi connectivity index (χ0v) is 26.2. The fraction of sp³-hybridized carbons (Fsp3) is 0.382. The van der Waals surface area contributed by atoms with Crippen LogP contribution in [0.15, 0.2) is 91.0 Å². The molecule has 1 fully saturated rings. The number of imide groups is 1. The maximum Gasteiger partial charge on any atom is 0.521 e. The van der Waals surface area contributed by atoms with Gasteiger partial charge in [-0.05, 0) is 49.8 Å². The third-order valence-electron chi connectivity index (χ3n) is 8.35. The van der Waals surface area contributed by atoms with Gasteiger partial charge in [-0.1, -0.05) is 91.0 Å². The van der Waals surface area contributed by atoms with Crippen molar-refractivity contribution in [2.45, 2.75) is 58.0 Å². The average Bonchev–Trinajstić information content (AvgIpc) is 3.36. The summed E-state index contributed by atoms with van der Waals surface area (Å²) in [6.45, 7) is 3.54. The Balaban J connectivity index is 1.56. The van der Waals surface area contributed by atoms with Crippen LogP contribution < -0.4 is 5.32 Å². The van der Waals surface area contributed by atoms with Gasteiger partial charge in [-0.25, -0.2) is 9.59 Å². The Morgan fingerprint density at radius 3 is 2.07 bits per heavy atom. The highest BCUT2D eigenvalue weighted by molar-refractivity contribution is 7.60. The van der Waals surface area contributed by atoms with E-state index in [0.717, 1.165) is 16.7 Å². The van der Waals surface area contributed by atoms with Crippen LogP contribution in [-0.4, -0.2) is 58.8 Å². The van der Waals surface area contributed by atoms with E-state index in [1.165, 1.54) is 0 Å². The van der Waals surface area contributed by atoms with E-state index in [2.05, 4.69) is 5.32 Å². The van der Waals surface area contributed by atoms with Crippen LogP contribution in [0.1, 0.15) is 43.4 Å². The highest BCUT2D eigenvalue weighted by Crippen LogP contribution is 2.53. The molecule has 10 heteroatoms. The number of hydrogen-bond acceptors (Lipinski definition) is 6. The summed E-state index contributed by atoms with van der Waals surface area (Å²) in [4.78, 5) is 39.9. The lowest BCUT2D eigenvalue weighted by Gasteiger charge is -2.33. The van der Waals surface area contributed by atoms with Crippen molar-refractivity contribution in [3.8, 4) is 0 Å². The van der Waals surface area contributed by atoms with E-state index in [1.807, 2.05) is 91.0 Å². The van der Waals surface area contributed by atoms with Gasteiger partial charge in [-0.3, -0.25) is 4.57 Å². The minimum Gasteiger partial charge on any atom is -0.445 e. The van der Waals surface area contributed by atoms with Crippen molar-refractivity contribution in [1.29, 1.82) is 0 Å². The molecule has 234 valence electrons. The maximum atomic E-state index is 14.6. The van der Waals surface area contributed by atoms with Gasteiger partial charge in [0.25, 0.3) is 0 Å². The number of aryl methyl sites for hydroxylation is 1. The number of ether oxygens (including phenoxy) is 1. The fourth-order valence-corrected chi connectivity index (χ4v) is 8.52. The molecule has 9 nitrogen and oxygen atoms in total. The smallest absolute Gasteiger partial charge is 0.445 e. The average molecular weight is 622 g/mol. The van der Waals surface area contributed by atoms with Crippen molar-refractivity contribution in [1.82, 2.24) is 5.32 Å². The minimum atomic E-state index is -3.96. The third-order valence-corrected chi connectivity index (χ3v) is 11.1. The molecule has 0 bridgehead atoms. The Kier molecular flexibility index (Phi) is 11.5. The number of carbonyl (C=O) groups is 3. The second kappa shape index (κ2) is 15.3. The molecular weight excluding hydrogens is 579 g/mol. The molecule has 0 saturated carbocycles.